The van der Waals surface area contributed by atoms with E-state index in [9.17, 15) is 4.79 Å². The number of aromatic nitrogens is 2. The van der Waals surface area contributed by atoms with Gasteiger partial charge in [0.25, 0.3) is 5.91 Å². The van der Waals surface area contributed by atoms with Gasteiger partial charge in [0, 0.05) is 12.7 Å². The van der Waals surface area contributed by atoms with E-state index in [2.05, 4.69) is 10.4 Å². The van der Waals surface area contributed by atoms with Gasteiger partial charge in [-0.15, -0.1) is 11.3 Å². The first-order valence-corrected chi connectivity index (χ1v) is 6.21. The number of halogens is 1. The van der Waals surface area contributed by atoms with Gasteiger partial charge < -0.3 is 11.1 Å². The van der Waals surface area contributed by atoms with Crippen molar-refractivity contribution in [2.24, 2.45) is 0 Å². The van der Waals surface area contributed by atoms with E-state index in [0.717, 1.165) is 0 Å². The minimum atomic E-state index is -0.162. The summed E-state index contributed by atoms with van der Waals surface area (Å²) in [6.07, 6.45) is 3.28. The van der Waals surface area contributed by atoms with E-state index in [1.807, 2.05) is 0 Å². The number of nitrogens with one attached hydrogen (secondary N) is 1. The Balaban J connectivity index is 1.83. The van der Waals surface area contributed by atoms with Crippen molar-refractivity contribution in [3.63, 3.8) is 0 Å². The van der Waals surface area contributed by atoms with Crippen molar-refractivity contribution in [3.8, 4) is 0 Å². The van der Waals surface area contributed by atoms with Crippen molar-refractivity contribution >= 4 is 34.5 Å². The smallest absolute Gasteiger partial charge is 0.262 e. The first kappa shape index (κ1) is 11.9. The summed E-state index contributed by atoms with van der Waals surface area (Å²) in [7, 11) is 0. The van der Waals surface area contributed by atoms with Gasteiger partial charge in [0.1, 0.15) is 4.88 Å². The van der Waals surface area contributed by atoms with Crippen LogP contribution >= 0.6 is 22.9 Å². The van der Waals surface area contributed by atoms with Crippen molar-refractivity contribution in [3.05, 3.63) is 33.7 Å². The molecule has 0 bridgehead atoms. The van der Waals surface area contributed by atoms with Crippen LogP contribution in [0.5, 0.6) is 0 Å². The quantitative estimate of drug-likeness (QED) is 0.886. The molecule has 1 amide bonds. The lowest BCUT2D eigenvalue weighted by molar-refractivity contribution is 0.0956. The van der Waals surface area contributed by atoms with Gasteiger partial charge in [-0.2, -0.15) is 5.10 Å². The number of thiophene rings is 1. The van der Waals surface area contributed by atoms with E-state index in [4.69, 9.17) is 17.3 Å². The highest BCUT2D eigenvalue weighted by atomic mass is 35.5. The van der Waals surface area contributed by atoms with Crippen LogP contribution in [0.25, 0.3) is 0 Å². The lowest BCUT2D eigenvalue weighted by atomic mass is 10.4. The molecule has 3 N–H and O–H groups in total. The zero-order valence-electron chi connectivity index (χ0n) is 8.89. The van der Waals surface area contributed by atoms with Crippen LogP contribution in [0.1, 0.15) is 9.67 Å². The minimum Gasteiger partial charge on any atom is -0.396 e. The summed E-state index contributed by atoms with van der Waals surface area (Å²) < 4.78 is 1.67. The molecular weight excluding hydrogens is 260 g/mol. The summed E-state index contributed by atoms with van der Waals surface area (Å²) in [5.74, 6) is -0.162. The predicted molar refractivity (Wildman–Crippen MR) is 68.3 cm³/mol. The highest BCUT2D eigenvalue weighted by molar-refractivity contribution is 7.12. The third-order valence-electron chi connectivity index (χ3n) is 2.10. The maximum absolute atomic E-state index is 11.7. The number of amides is 1. The second-order valence-corrected chi connectivity index (χ2v) is 4.71. The molecule has 0 fully saturated rings. The molecule has 2 heterocycles. The van der Waals surface area contributed by atoms with Crippen LogP contribution in [0.3, 0.4) is 0 Å². The van der Waals surface area contributed by atoms with Crippen LogP contribution in [0.4, 0.5) is 5.69 Å². The molecule has 7 heteroatoms. The Morgan fingerprint density at radius 2 is 2.47 bits per heavy atom. The van der Waals surface area contributed by atoms with E-state index in [1.165, 1.54) is 11.3 Å². The van der Waals surface area contributed by atoms with Crippen molar-refractivity contribution in [2.45, 2.75) is 6.54 Å². The number of carbonyl (C=O) groups excluding carboxylic acids is 1. The maximum Gasteiger partial charge on any atom is 0.262 e. The van der Waals surface area contributed by atoms with Crippen molar-refractivity contribution < 1.29 is 4.79 Å². The predicted octanol–water partition coefficient (Wildman–Crippen LogP) is 1.61. The topological polar surface area (TPSA) is 72.9 Å². The largest absolute Gasteiger partial charge is 0.396 e. The Kier molecular flexibility index (Phi) is 3.65. The third kappa shape index (κ3) is 2.98. The van der Waals surface area contributed by atoms with E-state index in [1.54, 1.807) is 28.5 Å². The molecule has 17 heavy (non-hydrogen) atoms. The number of hydrogen-bond donors (Lipinski definition) is 2. The molecule has 0 aliphatic carbocycles. The Morgan fingerprint density at radius 1 is 1.65 bits per heavy atom. The summed E-state index contributed by atoms with van der Waals surface area (Å²) in [5, 5.41) is 9.04. The number of hydrogen-bond acceptors (Lipinski definition) is 4. The average molecular weight is 271 g/mol. The van der Waals surface area contributed by atoms with Crippen LogP contribution < -0.4 is 11.1 Å². The van der Waals surface area contributed by atoms with Crippen LogP contribution in [0.2, 0.25) is 5.02 Å². The molecule has 90 valence electrons. The molecule has 0 saturated carbocycles. The van der Waals surface area contributed by atoms with E-state index in [0.29, 0.717) is 28.7 Å². The molecule has 2 rings (SSSR count). The normalized spacial score (nSPS) is 10.4. The number of nitrogens with two attached hydrogens (primary N) is 1. The molecule has 2 aromatic rings. The minimum absolute atomic E-state index is 0.162. The molecule has 0 atom stereocenters. The van der Waals surface area contributed by atoms with Crippen LogP contribution in [-0.4, -0.2) is 22.2 Å². The van der Waals surface area contributed by atoms with Gasteiger partial charge >= 0.3 is 0 Å². The lowest BCUT2D eigenvalue weighted by Gasteiger charge is -2.04. The maximum atomic E-state index is 11.7. The van der Waals surface area contributed by atoms with Crippen LogP contribution in [-0.2, 0) is 6.54 Å². The fourth-order valence-electron chi connectivity index (χ4n) is 1.32. The van der Waals surface area contributed by atoms with E-state index >= 15 is 0 Å². The van der Waals surface area contributed by atoms with Crippen molar-refractivity contribution in [1.29, 1.82) is 0 Å². The Hall–Kier alpha value is -1.53. The molecule has 0 aromatic carbocycles. The summed E-state index contributed by atoms with van der Waals surface area (Å²) in [4.78, 5) is 12.2. The fourth-order valence-corrected chi connectivity index (χ4v) is 2.38. The molecule has 2 aromatic heterocycles. The summed E-state index contributed by atoms with van der Waals surface area (Å²) in [6.45, 7) is 1.06. The Labute approximate surface area is 107 Å². The molecule has 0 unspecified atom stereocenters. The lowest BCUT2D eigenvalue weighted by Crippen LogP contribution is -2.26. The van der Waals surface area contributed by atoms with Gasteiger partial charge in [-0.3, -0.25) is 9.48 Å². The first-order valence-electron chi connectivity index (χ1n) is 4.96. The summed E-state index contributed by atoms with van der Waals surface area (Å²) >= 11 is 7.17. The number of rotatable bonds is 4. The monoisotopic (exact) mass is 270 g/mol. The van der Waals surface area contributed by atoms with Crippen LogP contribution in [0, 0.1) is 0 Å². The van der Waals surface area contributed by atoms with E-state index < -0.39 is 0 Å². The second kappa shape index (κ2) is 5.20. The van der Waals surface area contributed by atoms with Gasteiger partial charge in [-0.05, 0) is 11.4 Å². The first-order chi connectivity index (χ1) is 8.16. The number of anilines is 1. The number of nitrogen functional groups attached to an aromatic ring is 1. The molecule has 5 nitrogen and oxygen atoms in total. The third-order valence-corrected chi connectivity index (χ3v) is 3.44. The van der Waals surface area contributed by atoms with E-state index in [-0.39, 0.29) is 5.91 Å². The summed E-state index contributed by atoms with van der Waals surface area (Å²) in [6, 6.07) is 1.70. The molecular formula is C10H11ClN4OS. The van der Waals surface area contributed by atoms with Crippen molar-refractivity contribution in [1.82, 2.24) is 15.1 Å². The van der Waals surface area contributed by atoms with Gasteiger partial charge in [0.15, 0.2) is 0 Å². The Morgan fingerprint density at radius 3 is 3.06 bits per heavy atom. The van der Waals surface area contributed by atoms with Gasteiger partial charge in [0.2, 0.25) is 0 Å². The zero-order valence-corrected chi connectivity index (χ0v) is 10.5. The standard InChI is InChI=1S/C10H11ClN4OS/c11-8-1-4-17-9(8)10(16)13-2-3-15-6-7(12)5-14-15/h1,4-6H,2-3,12H2,(H,13,16). The van der Waals surface area contributed by atoms with Gasteiger partial charge in [-0.1, -0.05) is 11.6 Å². The Bertz CT molecular complexity index is 522. The fraction of sp³-hybridized carbons (Fsp3) is 0.200. The highest BCUT2D eigenvalue weighted by Crippen LogP contribution is 2.21. The molecule has 0 aliphatic rings. The van der Waals surface area contributed by atoms with Gasteiger partial charge in [0.05, 0.1) is 23.5 Å². The average Bonchev–Trinajstić information content (AvgIpc) is 2.87. The molecule has 0 saturated heterocycles. The van der Waals surface area contributed by atoms with Crippen molar-refractivity contribution in [2.75, 3.05) is 12.3 Å². The molecule has 0 spiro atoms. The second-order valence-electron chi connectivity index (χ2n) is 3.39. The SMILES string of the molecule is Nc1cnn(CCNC(=O)c2sccc2Cl)c1. The zero-order chi connectivity index (χ0) is 12.3. The molecule has 0 radical (unpaired) electrons. The number of nitrogens with zero attached hydrogens (tertiary/aromatic N) is 2. The van der Waals surface area contributed by atoms with Gasteiger partial charge in [-0.25, -0.2) is 0 Å². The highest BCUT2D eigenvalue weighted by Gasteiger charge is 2.10. The van der Waals surface area contributed by atoms with Crippen LogP contribution in [0.15, 0.2) is 23.8 Å². The summed E-state index contributed by atoms with van der Waals surface area (Å²) in [5.41, 5.74) is 6.13. The number of carbonyl (C=O) groups is 1. The molecule has 0 aliphatic heterocycles.